The first-order valence-electron chi connectivity index (χ1n) is 5.42. The number of hydrogen-bond acceptors (Lipinski definition) is 3. The van der Waals surface area contributed by atoms with Crippen LogP contribution in [0.15, 0.2) is 18.3 Å². The Morgan fingerprint density at radius 3 is 2.93 bits per heavy atom. The van der Waals surface area contributed by atoms with Gasteiger partial charge >= 0.3 is 0 Å². The largest absolute Gasteiger partial charge is 0.398 e. The molecule has 0 aliphatic heterocycles. The van der Waals surface area contributed by atoms with Gasteiger partial charge in [0, 0.05) is 18.3 Å². The molecule has 0 aromatic carbocycles. The fourth-order valence-electron chi connectivity index (χ4n) is 2.05. The second-order valence-electron chi connectivity index (χ2n) is 4.31. The third-order valence-corrected chi connectivity index (χ3v) is 3.19. The van der Waals surface area contributed by atoms with Gasteiger partial charge in [0.1, 0.15) is 5.82 Å². The van der Waals surface area contributed by atoms with Crippen molar-refractivity contribution in [1.29, 1.82) is 0 Å². The predicted molar refractivity (Wildman–Crippen MR) is 58.4 cm³/mol. The van der Waals surface area contributed by atoms with Gasteiger partial charge in [-0.2, -0.15) is 0 Å². The maximum atomic E-state index is 5.75. The molecule has 0 amide bonds. The van der Waals surface area contributed by atoms with Gasteiger partial charge in [0.25, 0.3) is 0 Å². The molecule has 2 heterocycles. The summed E-state index contributed by atoms with van der Waals surface area (Å²) in [5.74, 6) is 1.85. The van der Waals surface area contributed by atoms with Crippen LogP contribution >= 0.6 is 0 Å². The molecule has 2 aromatic heterocycles. The third-order valence-electron chi connectivity index (χ3n) is 3.19. The van der Waals surface area contributed by atoms with E-state index in [0.717, 1.165) is 29.5 Å². The van der Waals surface area contributed by atoms with E-state index in [4.69, 9.17) is 5.73 Å². The topological polar surface area (TPSA) is 56.2 Å². The summed E-state index contributed by atoms with van der Waals surface area (Å²) in [4.78, 5) is 0. The number of hydrogen-bond donors (Lipinski definition) is 1. The van der Waals surface area contributed by atoms with Crippen LogP contribution in [0.2, 0.25) is 0 Å². The lowest BCUT2D eigenvalue weighted by Crippen LogP contribution is -2.15. The van der Waals surface area contributed by atoms with Crippen LogP contribution < -0.4 is 5.73 Å². The molecule has 15 heavy (non-hydrogen) atoms. The summed E-state index contributed by atoms with van der Waals surface area (Å²) < 4.78 is 2.01. The minimum absolute atomic E-state index is 0.761. The Balaban J connectivity index is 1.98. The zero-order chi connectivity index (χ0) is 10.3. The van der Waals surface area contributed by atoms with Crippen LogP contribution in [0.1, 0.15) is 25.1 Å². The molecular formula is C11H14N4. The lowest BCUT2D eigenvalue weighted by molar-refractivity contribution is 0.308. The van der Waals surface area contributed by atoms with E-state index in [1.165, 1.54) is 19.3 Å². The summed E-state index contributed by atoms with van der Waals surface area (Å²) in [6.07, 6.45) is 6.96. The van der Waals surface area contributed by atoms with Gasteiger partial charge in [0.05, 0.1) is 0 Å². The molecule has 78 valence electrons. The summed E-state index contributed by atoms with van der Waals surface area (Å²) in [5.41, 5.74) is 7.40. The molecule has 0 bridgehead atoms. The fourth-order valence-corrected chi connectivity index (χ4v) is 2.05. The van der Waals surface area contributed by atoms with E-state index in [2.05, 4.69) is 10.2 Å². The van der Waals surface area contributed by atoms with Crippen LogP contribution in [-0.4, -0.2) is 14.6 Å². The maximum Gasteiger partial charge on any atom is 0.160 e. The number of rotatable bonds is 2. The van der Waals surface area contributed by atoms with Gasteiger partial charge in [-0.15, -0.1) is 10.2 Å². The SMILES string of the molecule is Nc1ccc2nnc(CC3CCC3)n2c1. The number of aromatic nitrogens is 3. The Morgan fingerprint density at radius 2 is 2.20 bits per heavy atom. The highest BCUT2D eigenvalue weighted by Gasteiger charge is 2.20. The Hall–Kier alpha value is -1.58. The van der Waals surface area contributed by atoms with Crippen LogP contribution in [0.4, 0.5) is 5.69 Å². The number of nitrogen functional groups attached to an aromatic ring is 1. The number of anilines is 1. The van der Waals surface area contributed by atoms with Crippen LogP contribution in [0.25, 0.3) is 5.65 Å². The standard InChI is InChI=1S/C11H14N4/c12-9-4-5-10-13-14-11(15(10)7-9)6-8-2-1-3-8/h4-5,7-8H,1-3,6,12H2. The average Bonchev–Trinajstić information content (AvgIpc) is 2.54. The van der Waals surface area contributed by atoms with Crippen molar-refractivity contribution in [3.63, 3.8) is 0 Å². The van der Waals surface area contributed by atoms with Crippen LogP contribution in [-0.2, 0) is 6.42 Å². The zero-order valence-electron chi connectivity index (χ0n) is 8.56. The second kappa shape index (κ2) is 3.22. The van der Waals surface area contributed by atoms with Gasteiger partial charge in [0.15, 0.2) is 5.65 Å². The number of nitrogens with zero attached hydrogens (tertiary/aromatic N) is 3. The van der Waals surface area contributed by atoms with Crippen molar-refractivity contribution in [3.8, 4) is 0 Å². The molecule has 1 fully saturated rings. The molecule has 4 nitrogen and oxygen atoms in total. The van der Waals surface area contributed by atoms with E-state index in [9.17, 15) is 0 Å². The highest BCUT2D eigenvalue weighted by Crippen LogP contribution is 2.29. The summed E-state index contributed by atoms with van der Waals surface area (Å²) in [7, 11) is 0. The fraction of sp³-hybridized carbons (Fsp3) is 0.455. The Morgan fingerprint density at radius 1 is 1.33 bits per heavy atom. The molecule has 3 rings (SSSR count). The van der Waals surface area contributed by atoms with E-state index >= 15 is 0 Å². The molecule has 1 aliphatic carbocycles. The number of pyridine rings is 1. The van der Waals surface area contributed by atoms with Gasteiger partial charge in [-0.1, -0.05) is 19.3 Å². The van der Waals surface area contributed by atoms with E-state index < -0.39 is 0 Å². The third kappa shape index (κ3) is 1.46. The molecule has 1 saturated carbocycles. The van der Waals surface area contributed by atoms with Crippen molar-refractivity contribution >= 4 is 11.3 Å². The molecule has 0 saturated heterocycles. The van der Waals surface area contributed by atoms with Crippen molar-refractivity contribution in [2.45, 2.75) is 25.7 Å². The van der Waals surface area contributed by atoms with Gasteiger partial charge in [-0.25, -0.2) is 0 Å². The van der Waals surface area contributed by atoms with Crippen molar-refractivity contribution in [2.75, 3.05) is 5.73 Å². The molecule has 0 atom stereocenters. The van der Waals surface area contributed by atoms with E-state index in [0.29, 0.717) is 0 Å². The predicted octanol–water partition coefficient (Wildman–Crippen LogP) is 1.65. The smallest absolute Gasteiger partial charge is 0.160 e. The van der Waals surface area contributed by atoms with Crippen LogP contribution in [0.3, 0.4) is 0 Å². The molecule has 0 unspecified atom stereocenters. The zero-order valence-corrected chi connectivity index (χ0v) is 8.56. The average molecular weight is 202 g/mol. The number of fused-ring (bicyclic) bond motifs is 1. The molecule has 2 aromatic rings. The van der Waals surface area contributed by atoms with E-state index in [1.54, 1.807) is 0 Å². The Bertz CT molecular complexity index is 484. The quantitative estimate of drug-likeness (QED) is 0.805. The minimum atomic E-state index is 0.761. The van der Waals surface area contributed by atoms with E-state index in [1.807, 2.05) is 22.7 Å². The molecule has 0 radical (unpaired) electrons. The van der Waals surface area contributed by atoms with Gasteiger partial charge in [0.2, 0.25) is 0 Å². The summed E-state index contributed by atoms with van der Waals surface area (Å²) >= 11 is 0. The van der Waals surface area contributed by atoms with Gasteiger partial charge in [-0.05, 0) is 18.1 Å². The Kier molecular flexibility index (Phi) is 1.87. The van der Waals surface area contributed by atoms with E-state index in [-0.39, 0.29) is 0 Å². The maximum absolute atomic E-state index is 5.75. The lowest BCUT2D eigenvalue weighted by Gasteiger charge is -2.24. The van der Waals surface area contributed by atoms with Gasteiger partial charge < -0.3 is 5.73 Å². The summed E-state index contributed by atoms with van der Waals surface area (Å²) in [5, 5.41) is 8.34. The number of nitrogens with two attached hydrogens (primary N) is 1. The normalized spacial score (nSPS) is 16.8. The molecule has 1 aliphatic rings. The first kappa shape index (κ1) is 8.71. The van der Waals surface area contributed by atoms with Crippen LogP contribution in [0.5, 0.6) is 0 Å². The summed E-state index contributed by atoms with van der Waals surface area (Å²) in [6, 6.07) is 3.77. The van der Waals surface area contributed by atoms with Crippen molar-refractivity contribution in [1.82, 2.24) is 14.6 Å². The minimum Gasteiger partial charge on any atom is -0.398 e. The molecule has 2 N–H and O–H groups in total. The lowest BCUT2D eigenvalue weighted by atomic mass is 9.83. The van der Waals surface area contributed by atoms with Gasteiger partial charge in [-0.3, -0.25) is 4.40 Å². The monoisotopic (exact) mass is 202 g/mol. The van der Waals surface area contributed by atoms with Crippen molar-refractivity contribution in [3.05, 3.63) is 24.2 Å². The highest BCUT2D eigenvalue weighted by molar-refractivity contribution is 5.47. The summed E-state index contributed by atoms with van der Waals surface area (Å²) in [6.45, 7) is 0. The first-order valence-corrected chi connectivity index (χ1v) is 5.42. The Labute approximate surface area is 88.1 Å². The molecule has 4 heteroatoms. The first-order chi connectivity index (χ1) is 7.33. The second-order valence-corrected chi connectivity index (χ2v) is 4.31. The van der Waals surface area contributed by atoms with Crippen molar-refractivity contribution < 1.29 is 0 Å². The van der Waals surface area contributed by atoms with Crippen molar-refractivity contribution in [2.24, 2.45) is 5.92 Å². The molecular weight excluding hydrogens is 188 g/mol. The molecule has 0 spiro atoms. The highest BCUT2D eigenvalue weighted by atomic mass is 15.2. The van der Waals surface area contributed by atoms with Crippen LogP contribution in [0, 0.1) is 5.92 Å².